The first kappa shape index (κ1) is 8.72. The van der Waals surface area contributed by atoms with Crippen molar-refractivity contribution in [3.8, 4) is 6.07 Å². The fraction of sp³-hybridized carbons (Fsp3) is 0.625. The van der Waals surface area contributed by atoms with Crippen LogP contribution in [-0.4, -0.2) is 15.4 Å². The number of rotatable bonds is 2. The molecule has 0 aliphatic carbocycles. The third kappa shape index (κ3) is 1.30. The molecule has 0 aliphatic rings. The Morgan fingerprint density at radius 2 is 2.17 bits per heavy atom. The zero-order valence-electron chi connectivity index (χ0n) is 7.55. The summed E-state index contributed by atoms with van der Waals surface area (Å²) in [5.74, 6) is 0. The highest BCUT2D eigenvalue weighted by molar-refractivity contribution is 5.26. The maximum atomic E-state index is 8.85. The highest BCUT2D eigenvalue weighted by atomic mass is 15.3. The summed E-state index contributed by atoms with van der Waals surface area (Å²) < 4.78 is 0. The second-order valence-electron chi connectivity index (χ2n) is 3.21. The van der Waals surface area contributed by atoms with Crippen LogP contribution < -0.4 is 0 Å². The van der Waals surface area contributed by atoms with Crippen LogP contribution in [0.3, 0.4) is 0 Å². The summed E-state index contributed by atoms with van der Waals surface area (Å²) in [5, 5.41) is 19.3. The van der Waals surface area contributed by atoms with Crippen LogP contribution in [0.5, 0.6) is 0 Å². The van der Waals surface area contributed by atoms with Gasteiger partial charge < -0.3 is 0 Å². The van der Waals surface area contributed by atoms with Gasteiger partial charge in [0.15, 0.2) is 0 Å². The van der Waals surface area contributed by atoms with Crippen molar-refractivity contribution in [2.45, 2.75) is 32.6 Å². The summed E-state index contributed by atoms with van der Waals surface area (Å²) in [6.45, 7) is 5.67. The molecule has 1 aromatic heterocycles. The van der Waals surface area contributed by atoms with E-state index in [-0.39, 0.29) is 0 Å². The number of H-pyrrole nitrogens is 1. The normalized spacial score (nSPS) is 11.2. The molecule has 0 fully saturated rings. The lowest BCUT2D eigenvalue weighted by molar-refractivity contribution is 0.647. The first-order valence-electron chi connectivity index (χ1n) is 3.93. The zero-order valence-corrected chi connectivity index (χ0v) is 7.55. The molecule has 1 aromatic rings. The van der Waals surface area contributed by atoms with Crippen LogP contribution in [-0.2, 0) is 11.8 Å². The largest absolute Gasteiger partial charge is 0.197 e. The maximum absolute atomic E-state index is 8.85. The second kappa shape index (κ2) is 2.94. The Morgan fingerprint density at radius 3 is 2.67 bits per heavy atom. The van der Waals surface area contributed by atoms with Crippen molar-refractivity contribution < 1.29 is 0 Å². The third-order valence-electron chi connectivity index (χ3n) is 1.83. The molecule has 4 heteroatoms. The van der Waals surface area contributed by atoms with Crippen LogP contribution in [0.15, 0.2) is 0 Å². The van der Waals surface area contributed by atoms with Crippen LogP contribution in [0.1, 0.15) is 32.2 Å². The van der Waals surface area contributed by atoms with E-state index in [1.54, 1.807) is 0 Å². The molecule has 0 spiro atoms. The van der Waals surface area contributed by atoms with E-state index in [1.165, 1.54) is 0 Å². The van der Waals surface area contributed by atoms with Crippen LogP contribution in [0, 0.1) is 11.3 Å². The molecular weight excluding hydrogens is 152 g/mol. The van der Waals surface area contributed by atoms with E-state index in [0.717, 1.165) is 17.8 Å². The molecule has 1 N–H and O–H groups in total. The van der Waals surface area contributed by atoms with Gasteiger partial charge in [0.2, 0.25) is 0 Å². The average molecular weight is 164 g/mol. The number of nitrogens with one attached hydrogen (secondary N) is 1. The Morgan fingerprint density at radius 1 is 1.50 bits per heavy atom. The molecule has 1 rings (SSSR count). The van der Waals surface area contributed by atoms with Gasteiger partial charge in [-0.2, -0.15) is 20.7 Å². The van der Waals surface area contributed by atoms with Gasteiger partial charge in [-0.05, 0) is 20.3 Å². The first-order chi connectivity index (χ1) is 5.61. The van der Waals surface area contributed by atoms with Crippen LogP contribution >= 0.6 is 0 Å². The number of aryl methyl sites for hydroxylation is 1. The van der Waals surface area contributed by atoms with Crippen LogP contribution in [0.4, 0.5) is 0 Å². The maximum Gasteiger partial charge on any atom is 0.105 e. The SMILES string of the molecule is CCc1n[nH]nc1C(C)(C)C#N. The molecule has 4 nitrogen and oxygen atoms in total. The second-order valence-corrected chi connectivity index (χ2v) is 3.21. The van der Waals surface area contributed by atoms with E-state index >= 15 is 0 Å². The van der Waals surface area contributed by atoms with Crippen LogP contribution in [0.2, 0.25) is 0 Å². The Balaban J connectivity index is 3.11. The Bertz CT molecular complexity index is 305. The Hall–Kier alpha value is -1.37. The Kier molecular flexibility index (Phi) is 2.13. The highest BCUT2D eigenvalue weighted by Gasteiger charge is 2.26. The minimum Gasteiger partial charge on any atom is -0.197 e. The van der Waals surface area contributed by atoms with E-state index in [1.807, 2.05) is 20.8 Å². The van der Waals surface area contributed by atoms with Crippen molar-refractivity contribution in [2.75, 3.05) is 0 Å². The van der Waals surface area contributed by atoms with E-state index in [9.17, 15) is 0 Å². The molecule has 0 saturated carbocycles. The quantitative estimate of drug-likeness (QED) is 0.713. The summed E-state index contributed by atoms with van der Waals surface area (Å²) in [6.07, 6.45) is 0.803. The fourth-order valence-corrected chi connectivity index (χ4v) is 1.05. The molecule has 0 saturated heterocycles. The number of hydrogen-bond donors (Lipinski definition) is 1. The van der Waals surface area contributed by atoms with Gasteiger partial charge >= 0.3 is 0 Å². The fourth-order valence-electron chi connectivity index (χ4n) is 1.05. The predicted octanol–water partition coefficient (Wildman–Crippen LogP) is 1.17. The average Bonchev–Trinajstić information content (AvgIpc) is 2.52. The van der Waals surface area contributed by atoms with Gasteiger partial charge in [0.25, 0.3) is 0 Å². The van der Waals surface area contributed by atoms with Crippen molar-refractivity contribution in [3.05, 3.63) is 11.4 Å². The third-order valence-corrected chi connectivity index (χ3v) is 1.83. The van der Waals surface area contributed by atoms with Crippen molar-refractivity contribution >= 4 is 0 Å². The molecule has 0 amide bonds. The monoisotopic (exact) mass is 164 g/mol. The number of aromatic amines is 1. The topological polar surface area (TPSA) is 65.4 Å². The lowest BCUT2D eigenvalue weighted by Crippen LogP contribution is -2.16. The molecular formula is C8H12N4. The van der Waals surface area contributed by atoms with E-state index < -0.39 is 5.41 Å². The summed E-state index contributed by atoms with van der Waals surface area (Å²) in [6, 6.07) is 2.20. The lowest BCUT2D eigenvalue weighted by Gasteiger charge is -2.11. The summed E-state index contributed by atoms with van der Waals surface area (Å²) in [4.78, 5) is 0. The number of aromatic nitrogens is 3. The van der Waals surface area contributed by atoms with Gasteiger partial charge in [0, 0.05) is 0 Å². The summed E-state index contributed by atoms with van der Waals surface area (Å²) >= 11 is 0. The minimum absolute atomic E-state index is 0.543. The minimum atomic E-state index is -0.543. The van der Waals surface area contributed by atoms with Gasteiger partial charge in [0.05, 0.1) is 17.2 Å². The van der Waals surface area contributed by atoms with Gasteiger partial charge in [-0.3, -0.25) is 0 Å². The molecule has 0 aliphatic heterocycles. The molecule has 0 unspecified atom stereocenters. The number of hydrogen-bond acceptors (Lipinski definition) is 3. The standard InChI is InChI=1S/C8H12N4/c1-4-6-7(11-12-10-6)8(2,3)5-9/h4H2,1-3H3,(H,10,11,12). The highest BCUT2D eigenvalue weighted by Crippen LogP contribution is 2.21. The molecule has 0 aromatic carbocycles. The van der Waals surface area contributed by atoms with Crippen molar-refractivity contribution in [1.82, 2.24) is 15.4 Å². The number of nitrogens with zero attached hydrogens (tertiary/aromatic N) is 3. The van der Waals surface area contributed by atoms with Gasteiger partial charge in [0.1, 0.15) is 5.69 Å². The molecule has 1 heterocycles. The molecule has 0 radical (unpaired) electrons. The molecule has 0 atom stereocenters. The van der Waals surface area contributed by atoms with Crippen LogP contribution in [0.25, 0.3) is 0 Å². The lowest BCUT2D eigenvalue weighted by atomic mass is 9.89. The van der Waals surface area contributed by atoms with Crippen molar-refractivity contribution in [1.29, 1.82) is 5.26 Å². The van der Waals surface area contributed by atoms with E-state index in [0.29, 0.717) is 0 Å². The summed E-state index contributed by atoms with van der Waals surface area (Å²) in [7, 11) is 0. The molecule has 0 bridgehead atoms. The van der Waals surface area contributed by atoms with Crippen molar-refractivity contribution in [2.24, 2.45) is 0 Å². The van der Waals surface area contributed by atoms with Crippen molar-refractivity contribution in [3.63, 3.8) is 0 Å². The van der Waals surface area contributed by atoms with Gasteiger partial charge in [-0.15, -0.1) is 0 Å². The molecule has 64 valence electrons. The first-order valence-corrected chi connectivity index (χ1v) is 3.93. The van der Waals surface area contributed by atoms with E-state index in [4.69, 9.17) is 5.26 Å². The predicted molar refractivity (Wildman–Crippen MR) is 44.4 cm³/mol. The zero-order chi connectivity index (χ0) is 9.19. The number of nitriles is 1. The molecule has 12 heavy (non-hydrogen) atoms. The summed E-state index contributed by atoms with van der Waals surface area (Å²) in [5.41, 5.74) is 1.09. The van der Waals surface area contributed by atoms with Gasteiger partial charge in [-0.1, -0.05) is 6.92 Å². The van der Waals surface area contributed by atoms with E-state index in [2.05, 4.69) is 21.5 Å². The Labute approximate surface area is 71.6 Å². The van der Waals surface area contributed by atoms with Gasteiger partial charge in [-0.25, -0.2) is 0 Å². The smallest absolute Gasteiger partial charge is 0.105 e.